The highest BCUT2D eigenvalue weighted by Gasteiger charge is 2.17. The van der Waals surface area contributed by atoms with Crippen LogP contribution in [0.15, 0.2) is 21.4 Å². The predicted molar refractivity (Wildman–Crippen MR) is 68.0 cm³/mol. The summed E-state index contributed by atoms with van der Waals surface area (Å²) in [4.78, 5) is 11.9. The second kappa shape index (κ2) is 5.24. The van der Waals surface area contributed by atoms with E-state index in [1.165, 1.54) is 0 Å². The molecule has 0 amide bonds. The minimum Gasteiger partial charge on any atom is -0.294 e. The second-order valence-corrected chi connectivity index (χ2v) is 4.81. The molecule has 102 valence electrons. The Morgan fingerprint density at radius 2 is 1.84 bits per heavy atom. The van der Waals surface area contributed by atoms with Crippen LogP contribution < -0.4 is 5.56 Å². The predicted octanol–water partition coefficient (Wildman–Crippen LogP) is 3.30. The summed E-state index contributed by atoms with van der Waals surface area (Å²) in [5.74, 6) is -3.53. The molecule has 2 rings (SSSR count). The number of nitrogens with one attached hydrogen (secondary N) is 1. The fourth-order valence-electron chi connectivity index (χ4n) is 1.73. The Morgan fingerprint density at radius 3 is 2.47 bits per heavy atom. The van der Waals surface area contributed by atoms with E-state index in [9.17, 15) is 18.0 Å². The van der Waals surface area contributed by atoms with Gasteiger partial charge in [0.05, 0.1) is 5.69 Å². The van der Waals surface area contributed by atoms with Gasteiger partial charge in [0.15, 0.2) is 17.5 Å². The molecule has 0 aliphatic rings. The summed E-state index contributed by atoms with van der Waals surface area (Å²) < 4.78 is 40.7. The maximum absolute atomic E-state index is 13.6. The molecule has 0 saturated carbocycles. The van der Waals surface area contributed by atoms with Crippen molar-refractivity contribution >= 4 is 15.9 Å². The normalized spacial score (nSPS) is 11.0. The number of rotatable bonds is 3. The summed E-state index contributed by atoms with van der Waals surface area (Å²) in [6, 6.07) is 1.05. The molecule has 2 aromatic rings. The fraction of sp³-hybridized carbons (Fsp3) is 0.250. The molecule has 0 saturated heterocycles. The largest absolute Gasteiger partial charge is 0.294 e. The van der Waals surface area contributed by atoms with Crippen LogP contribution in [0.1, 0.15) is 19.0 Å². The van der Waals surface area contributed by atoms with Crippen molar-refractivity contribution in [2.75, 3.05) is 0 Å². The first-order valence-corrected chi connectivity index (χ1v) is 6.39. The standard InChI is InChI=1S/C12H10BrF3N2O/c1-2-3-9-11(13)12(19)18(17-9)10-5-7(15)6(14)4-8(10)16/h4-5,17H,2-3H2,1H3. The highest BCUT2D eigenvalue weighted by molar-refractivity contribution is 9.10. The Bertz CT molecular complexity index is 678. The average molecular weight is 335 g/mol. The topological polar surface area (TPSA) is 37.8 Å². The lowest BCUT2D eigenvalue weighted by atomic mass is 10.2. The van der Waals surface area contributed by atoms with Gasteiger partial charge in [0, 0.05) is 12.1 Å². The quantitative estimate of drug-likeness (QED) is 0.859. The Morgan fingerprint density at radius 1 is 1.21 bits per heavy atom. The van der Waals surface area contributed by atoms with E-state index in [-0.39, 0.29) is 10.2 Å². The van der Waals surface area contributed by atoms with Crippen LogP contribution in [0.25, 0.3) is 5.69 Å². The lowest BCUT2D eigenvalue weighted by molar-refractivity contribution is 0.491. The van der Waals surface area contributed by atoms with Crippen molar-refractivity contribution in [3.8, 4) is 5.69 Å². The Balaban J connectivity index is 2.63. The first-order valence-electron chi connectivity index (χ1n) is 5.60. The number of benzene rings is 1. The minimum absolute atomic E-state index is 0.262. The van der Waals surface area contributed by atoms with Crippen molar-refractivity contribution in [2.24, 2.45) is 0 Å². The molecule has 19 heavy (non-hydrogen) atoms. The third kappa shape index (κ3) is 2.47. The van der Waals surface area contributed by atoms with Crippen LogP contribution in [-0.4, -0.2) is 9.78 Å². The summed E-state index contributed by atoms with van der Waals surface area (Å²) in [6.45, 7) is 1.92. The molecule has 1 aromatic heterocycles. The van der Waals surface area contributed by atoms with E-state index in [2.05, 4.69) is 21.0 Å². The molecule has 3 nitrogen and oxygen atoms in total. The van der Waals surface area contributed by atoms with Crippen LogP contribution in [0.2, 0.25) is 0 Å². The van der Waals surface area contributed by atoms with Gasteiger partial charge in [-0.1, -0.05) is 13.3 Å². The van der Waals surface area contributed by atoms with Crippen molar-refractivity contribution in [2.45, 2.75) is 19.8 Å². The second-order valence-electron chi connectivity index (χ2n) is 4.01. The van der Waals surface area contributed by atoms with Crippen molar-refractivity contribution in [1.82, 2.24) is 9.78 Å². The fourth-order valence-corrected chi connectivity index (χ4v) is 2.19. The van der Waals surface area contributed by atoms with E-state index in [4.69, 9.17) is 0 Å². The van der Waals surface area contributed by atoms with Gasteiger partial charge in [-0.2, -0.15) is 0 Å². The summed E-state index contributed by atoms with van der Waals surface area (Å²) >= 11 is 3.10. The summed E-state index contributed by atoms with van der Waals surface area (Å²) in [7, 11) is 0. The summed E-state index contributed by atoms with van der Waals surface area (Å²) in [5, 5.41) is 2.68. The molecular formula is C12H10BrF3N2O. The molecule has 0 fully saturated rings. The molecule has 0 aliphatic heterocycles. The van der Waals surface area contributed by atoms with E-state index in [1.807, 2.05) is 6.92 Å². The molecular weight excluding hydrogens is 325 g/mol. The molecule has 0 aliphatic carbocycles. The molecule has 0 radical (unpaired) electrons. The van der Waals surface area contributed by atoms with E-state index in [1.54, 1.807) is 0 Å². The van der Waals surface area contributed by atoms with Gasteiger partial charge >= 0.3 is 0 Å². The smallest absolute Gasteiger partial charge is 0.285 e. The zero-order valence-electron chi connectivity index (χ0n) is 9.94. The number of halogens is 4. The number of nitrogens with zero attached hydrogens (tertiary/aromatic N) is 1. The molecule has 0 unspecified atom stereocenters. The van der Waals surface area contributed by atoms with Gasteiger partial charge in [-0.15, -0.1) is 0 Å². The Hall–Kier alpha value is -1.50. The zero-order valence-corrected chi connectivity index (χ0v) is 11.5. The number of aryl methyl sites for hydroxylation is 1. The van der Waals surface area contributed by atoms with Gasteiger partial charge in [0.25, 0.3) is 5.56 Å². The molecule has 7 heteroatoms. The maximum atomic E-state index is 13.6. The first kappa shape index (κ1) is 13.9. The molecule has 0 bridgehead atoms. The average Bonchev–Trinajstić information content (AvgIpc) is 2.63. The van der Waals surface area contributed by atoms with Crippen LogP contribution in [0.3, 0.4) is 0 Å². The van der Waals surface area contributed by atoms with Crippen LogP contribution in [-0.2, 0) is 6.42 Å². The number of H-pyrrole nitrogens is 1. The molecule has 0 spiro atoms. The third-order valence-electron chi connectivity index (χ3n) is 2.63. The van der Waals surface area contributed by atoms with Crippen LogP contribution in [0.5, 0.6) is 0 Å². The van der Waals surface area contributed by atoms with Crippen LogP contribution >= 0.6 is 15.9 Å². The Labute approximate surface area is 115 Å². The van der Waals surface area contributed by atoms with Crippen molar-refractivity contribution in [3.63, 3.8) is 0 Å². The van der Waals surface area contributed by atoms with Crippen molar-refractivity contribution < 1.29 is 13.2 Å². The van der Waals surface area contributed by atoms with Gasteiger partial charge in [0.1, 0.15) is 10.2 Å². The monoisotopic (exact) mass is 334 g/mol. The van der Waals surface area contributed by atoms with E-state index >= 15 is 0 Å². The Kier molecular flexibility index (Phi) is 3.84. The van der Waals surface area contributed by atoms with Crippen LogP contribution in [0, 0.1) is 17.5 Å². The van der Waals surface area contributed by atoms with E-state index in [0.717, 1.165) is 11.1 Å². The third-order valence-corrected chi connectivity index (χ3v) is 3.45. The summed E-state index contributed by atoms with van der Waals surface area (Å²) in [6.07, 6.45) is 1.35. The lowest BCUT2D eigenvalue weighted by Gasteiger charge is -2.04. The van der Waals surface area contributed by atoms with Gasteiger partial charge < -0.3 is 0 Å². The molecule has 1 aromatic carbocycles. The minimum atomic E-state index is -1.30. The number of aromatic amines is 1. The molecule has 1 N–H and O–H groups in total. The van der Waals surface area contributed by atoms with Gasteiger partial charge in [0.2, 0.25) is 0 Å². The van der Waals surface area contributed by atoms with Gasteiger partial charge in [-0.25, -0.2) is 17.9 Å². The molecule has 0 atom stereocenters. The van der Waals surface area contributed by atoms with Crippen molar-refractivity contribution in [1.29, 1.82) is 0 Å². The highest BCUT2D eigenvalue weighted by Crippen LogP contribution is 2.19. The maximum Gasteiger partial charge on any atom is 0.285 e. The zero-order chi connectivity index (χ0) is 14.2. The SMILES string of the molecule is CCCc1[nH]n(-c2cc(F)c(F)cc2F)c(=O)c1Br. The lowest BCUT2D eigenvalue weighted by Crippen LogP contribution is -2.16. The summed E-state index contributed by atoms with van der Waals surface area (Å²) in [5.41, 5.74) is -0.322. The molecule has 1 heterocycles. The number of hydrogen-bond acceptors (Lipinski definition) is 1. The van der Waals surface area contributed by atoms with E-state index < -0.39 is 23.0 Å². The van der Waals surface area contributed by atoms with E-state index in [0.29, 0.717) is 24.2 Å². The van der Waals surface area contributed by atoms with Crippen molar-refractivity contribution in [3.05, 3.63) is 50.1 Å². The number of hydrogen-bond donors (Lipinski definition) is 1. The number of aromatic nitrogens is 2. The van der Waals surface area contributed by atoms with Crippen LogP contribution in [0.4, 0.5) is 13.2 Å². The first-order chi connectivity index (χ1) is 8.95. The highest BCUT2D eigenvalue weighted by atomic mass is 79.9. The van der Waals surface area contributed by atoms with Gasteiger partial charge in [-0.3, -0.25) is 9.89 Å². The van der Waals surface area contributed by atoms with Gasteiger partial charge in [-0.05, 0) is 22.4 Å².